The first kappa shape index (κ1) is 18.8. The van der Waals surface area contributed by atoms with Gasteiger partial charge in [0.05, 0.1) is 23.7 Å². The Morgan fingerprint density at radius 2 is 2.00 bits per heavy atom. The Balaban J connectivity index is 1.52. The van der Waals surface area contributed by atoms with Crippen molar-refractivity contribution in [2.75, 3.05) is 13.2 Å². The van der Waals surface area contributed by atoms with Crippen LogP contribution in [0.25, 0.3) is 11.0 Å². The van der Waals surface area contributed by atoms with Crippen molar-refractivity contribution < 1.29 is 9.53 Å². The smallest absolute Gasteiger partial charge is 0.220 e. The number of amides is 1. The van der Waals surface area contributed by atoms with E-state index in [9.17, 15) is 4.79 Å². The van der Waals surface area contributed by atoms with Crippen LogP contribution in [0.4, 0.5) is 0 Å². The third-order valence-electron chi connectivity index (χ3n) is 5.25. The summed E-state index contributed by atoms with van der Waals surface area (Å²) >= 11 is 5.92. The van der Waals surface area contributed by atoms with Gasteiger partial charge in [-0.3, -0.25) is 4.79 Å². The van der Waals surface area contributed by atoms with Crippen LogP contribution in [0.1, 0.15) is 38.1 Å². The predicted molar refractivity (Wildman–Crippen MR) is 111 cm³/mol. The van der Waals surface area contributed by atoms with Crippen LogP contribution in [0, 0.1) is 0 Å². The van der Waals surface area contributed by atoms with E-state index >= 15 is 0 Å². The third kappa shape index (κ3) is 3.85. The molecule has 0 radical (unpaired) electrons. The van der Waals surface area contributed by atoms with Gasteiger partial charge in [0, 0.05) is 25.0 Å². The number of halogens is 1. The van der Waals surface area contributed by atoms with Gasteiger partial charge in [-0.1, -0.05) is 23.7 Å². The van der Waals surface area contributed by atoms with E-state index in [-0.39, 0.29) is 11.9 Å². The molecule has 0 bridgehead atoms. The van der Waals surface area contributed by atoms with Crippen molar-refractivity contribution in [3.05, 3.63) is 59.4 Å². The monoisotopic (exact) mass is 397 g/mol. The van der Waals surface area contributed by atoms with Gasteiger partial charge in [-0.05, 0) is 55.7 Å². The van der Waals surface area contributed by atoms with E-state index in [4.69, 9.17) is 21.3 Å². The fourth-order valence-corrected chi connectivity index (χ4v) is 4.07. The molecular formula is C22H24ClN3O2. The molecule has 1 aromatic heterocycles. The molecule has 2 heterocycles. The Bertz CT molecular complexity index is 968. The highest BCUT2D eigenvalue weighted by Crippen LogP contribution is 2.33. The molecule has 1 aliphatic rings. The second-order valence-corrected chi connectivity index (χ2v) is 7.57. The molecule has 0 aliphatic carbocycles. The number of likely N-dealkylation sites (tertiary alicyclic amines) is 1. The van der Waals surface area contributed by atoms with E-state index in [1.807, 2.05) is 47.4 Å². The molecule has 2 aromatic carbocycles. The van der Waals surface area contributed by atoms with E-state index < -0.39 is 0 Å². The van der Waals surface area contributed by atoms with Crippen LogP contribution >= 0.6 is 11.6 Å². The van der Waals surface area contributed by atoms with E-state index in [1.165, 1.54) is 0 Å². The average Bonchev–Trinajstić information content (AvgIpc) is 3.31. The van der Waals surface area contributed by atoms with Gasteiger partial charge in [-0.2, -0.15) is 0 Å². The number of fused-ring (bicyclic) bond motifs is 1. The highest BCUT2D eigenvalue weighted by Gasteiger charge is 2.31. The Morgan fingerprint density at radius 3 is 2.79 bits per heavy atom. The number of carbonyl (C=O) groups is 1. The maximum Gasteiger partial charge on any atom is 0.220 e. The molecule has 1 amide bonds. The summed E-state index contributed by atoms with van der Waals surface area (Å²) in [5, 5.41) is 0.702. The maximum atomic E-state index is 12.1. The molecule has 3 aromatic rings. The average molecular weight is 398 g/mol. The molecule has 6 heteroatoms. The molecule has 0 spiro atoms. The molecule has 28 heavy (non-hydrogen) atoms. The van der Waals surface area contributed by atoms with E-state index in [0.717, 1.165) is 55.0 Å². The highest BCUT2D eigenvalue weighted by atomic mass is 35.5. The summed E-state index contributed by atoms with van der Waals surface area (Å²) in [6.07, 6.45) is 2.83. The number of para-hydroxylation sites is 2. The molecule has 5 nitrogen and oxygen atoms in total. The van der Waals surface area contributed by atoms with Crippen molar-refractivity contribution in [1.29, 1.82) is 0 Å². The van der Waals surface area contributed by atoms with Crippen molar-refractivity contribution in [2.24, 2.45) is 0 Å². The largest absolute Gasteiger partial charge is 0.494 e. The summed E-state index contributed by atoms with van der Waals surface area (Å²) in [6.45, 7) is 3.86. The Kier molecular flexibility index (Phi) is 5.53. The zero-order valence-electron chi connectivity index (χ0n) is 16.0. The van der Waals surface area contributed by atoms with E-state index in [1.54, 1.807) is 6.92 Å². The van der Waals surface area contributed by atoms with E-state index in [2.05, 4.69) is 10.6 Å². The van der Waals surface area contributed by atoms with Gasteiger partial charge < -0.3 is 14.2 Å². The molecular weight excluding hydrogens is 374 g/mol. The van der Waals surface area contributed by atoms with Crippen LogP contribution in [0.15, 0.2) is 48.5 Å². The van der Waals surface area contributed by atoms with Crippen LogP contribution in [0.5, 0.6) is 5.75 Å². The van der Waals surface area contributed by atoms with Crippen LogP contribution < -0.4 is 4.74 Å². The summed E-state index contributed by atoms with van der Waals surface area (Å²) in [5.41, 5.74) is 2.09. The van der Waals surface area contributed by atoms with Crippen molar-refractivity contribution in [2.45, 2.75) is 38.8 Å². The lowest BCUT2D eigenvalue weighted by Crippen LogP contribution is -2.30. The number of ether oxygens (including phenoxy) is 1. The first-order valence-corrected chi connectivity index (χ1v) is 10.1. The number of rotatable bonds is 6. The first-order valence-electron chi connectivity index (χ1n) is 9.74. The van der Waals surface area contributed by atoms with Crippen molar-refractivity contribution in [3.8, 4) is 5.75 Å². The normalized spacial score (nSPS) is 16.6. The number of hydrogen-bond donors (Lipinski definition) is 0. The van der Waals surface area contributed by atoms with Crippen molar-refractivity contribution >= 4 is 28.5 Å². The van der Waals surface area contributed by atoms with Crippen LogP contribution in [0.3, 0.4) is 0 Å². The lowest BCUT2D eigenvalue weighted by Gasteiger charge is -2.24. The molecule has 0 N–H and O–H groups in total. The quantitative estimate of drug-likeness (QED) is 0.559. The molecule has 0 unspecified atom stereocenters. The number of benzene rings is 2. The van der Waals surface area contributed by atoms with Gasteiger partial charge in [0.15, 0.2) is 0 Å². The highest BCUT2D eigenvalue weighted by molar-refractivity contribution is 6.30. The maximum absolute atomic E-state index is 12.1. The zero-order chi connectivity index (χ0) is 19.5. The Morgan fingerprint density at radius 1 is 1.21 bits per heavy atom. The molecule has 1 aliphatic heterocycles. The number of imidazole rings is 1. The minimum absolute atomic E-state index is 0.0575. The lowest BCUT2D eigenvalue weighted by atomic mass is 10.2. The first-order chi connectivity index (χ1) is 13.6. The number of carbonyl (C=O) groups excluding carboxylic acids is 1. The summed E-state index contributed by atoms with van der Waals surface area (Å²) in [5.74, 6) is 1.92. The minimum atomic E-state index is 0.0575. The second-order valence-electron chi connectivity index (χ2n) is 7.14. The lowest BCUT2D eigenvalue weighted by molar-refractivity contribution is -0.129. The number of hydrogen-bond acceptors (Lipinski definition) is 3. The van der Waals surface area contributed by atoms with Gasteiger partial charge in [0.1, 0.15) is 11.6 Å². The second kappa shape index (κ2) is 8.23. The van der Waals surface area contributed by atoms with Crippen LogP contribution in [-0.4, -0.2) is 33.5 Å². The van der Waals surface area contributed by atoms with Crippen LogP contribution in [0.2, 0.25) is 5.02 Å². The predicted octanol–water partition coefficient (Wildman–Crippen LogP) is 4.84. The number of aryl methyl sites for hydroxylation is 1. The fraction of sp³-hybridized carbons (Fsp3) is 0.364. The number of aromatic nitrogens is 2. The summed E-state index contributed by atoms with van der Waals surface area (Å²) in [4.78, 5) is 18.9. The summed E-state index contributed by atoms with van der Waals surface area (Å²) in [6, 6.07) is 15.6. The van der Waals surface area contributed by atoms with Crippen LogP contribution in [-0.2, 0) is 11.3 Å². The topological polar surface area (TPSA) is 47.4 Å². The molecule has 146 valence electrons. The Labute approximate surface area is 169 Å². The van der Waals surface area contributed by atoms with Gasteiger partial charge in [0.2, 0.25) is 5.91 Å². The molecule has 1 saturated heterocycles. The van der Waals surface area contributed by atoms with Crippen molar-refractivity contribution in [1.82, 2.24) is 14.5 Å². The summed E-state index contributed by atoms with van der Waals surface area (Å²) < 4.78 is 8.10. The van der Waals surface area contributed by atoms with Gasteiger partial charge in [-0.15, -0.1) is 0 Å². The molecule has 0 saturated carbocycles. The fourth-order valence-electron chi connectivity index (χ4n) is 3.94. The molecule has 1 atom stereocenters. The molecule has 4 rings (SSSR count). The standard InChI is InChI=1S/C22H24ClN3O2/c1-16(27)25-13-4-8-21(25)22-24-19-6-2-3-7-20(19)26(22)14-5-15-28-18-11-9-17(23)10-12-18/h2-3,6-7,9-12,21H,4-5,8,13-15H2,1H3/t21-/m1/s1. The minimum Gasteiger partial charge on any atom is -0.494 e. The summed E-state index contributed by atoms with van der Waals surface area (Å²) in [7, 11) is 0. The van der Waals surface area contributed by atoms with Gasteiger partial charge in [0.25, 0.3) is 0 Å². The van der Waals surface area contributed by atoms with Gasteiger partial charge in [-0.25, -0.2) is 4.98 Å². The SMILES string of the molecule is CC(=O)N1CCC[C@@H]1c1nc2ccccc2n1CCCOc1ccc(Cl)cc1. The molecule has 1 fully saturated rings. The number of nitrogens with zero attached hydrogens (tertiary/aromatic N) is 3. The van der Waals surface area contributed by atoms with Crippen molar-refractivity contribution in [3.63, 3.8) is 0 Å². The zero-order valence-corrected chi connectivity index (χ0v) is 16.7. The Hall–Kier alpha value is -2.53. The van der Waals surface area contributed by atoms with Gasteiger partial charge >= 0.3 is 0 Å². The third-order valence-corrected chi connectivity index (χ3v) is 5.50. The van der Waals surface area contributed by atoms with E-state index in [0.29, 0.717) is 11.6 Å².